The number of nitrogens with zero attached hydrogens (tertiary/aromatic N) is 3. The summed E-state index contributed by atoms with van der Waals surface area (Å²) in [7, 11) is 0. The SMILES string of the molecule is C[C@@H]1C[C@H](C)N(C(=O)Cc2cc(F)ccc2F)c2ccnn21. The quantitative estimate of drug-likeness (QED) is 0.855. The maximum atomic E-state index is 13.7. The summed E-state index contributed by atoms with van der Waals surface area (Å²) in [5, 5.41) is 4.23. The number of benzene rings is 1. The van der Waals surface area contributed by atoms with Crippen LogP contribution in [0, 0.1) is 11.6 Å². The number of amides is 1. The van der Waals surface area contributed by atoms with E-state index in [2.05, 4.69) is 5.10 Å². The smallest absolute Gasteiger partial charge is 0.232 e. The molecule has 0 saturated carbocycles. The molecule has 0 bridgehead atoms. The molecule has 2 atom stereocenters. The van der Waals surface area contributed by atoms with Crippen LogP contribution in [0.5, 0.6) is 0 Å². The highest BCUT2D eigenvalue weighted by atomic mass is 19.1. The Morgan fingerprint density at radius 2 is 2.05 bits per heavy atom. The van der Waals surface area contributed by atoms with Crippen molar-refractivity contribution in [3.8, 4) is 0 Å². The fourth-order valence-electron chi connectivity index (χ4n) is 3.06. The minimum absolute atomic E-state index is 0.0108. The summed E-state index contributed by atoms with van der Waals surface area (Å²) in [5.41, 5.74) is 0.0712. The molecule has 0 fully saturated rings. The van der Waals surface area contributed by atoms with Gasteiger partial charge in [0.25, 0.3) is 0 Å². The lowest BCUT2D eigenvalue weighted by Crippen LogP contribution is -2.45. The van der Waals surface area contributed by atoms with Crippen molar-refractivity contribution < 1.29 is 13.6 Å². The van der Waals surface area contributed by atoms with Gasteiger partial charge in [-0.3, -0.25) is 9.69 Å². The first kappa shape index (κ1) is 14.7. The third-order valence-electron chi connectivity index (χ3n) is 4.05. The highest BCUT2D eigenvalue weighted by Crippen LogP contribution is 2.31. The van der Waals surface area contributed by atoms with E-state index < -0.39 is 11.6 Å². The normalized spacial score (nSPS) is 20.8. The molecule has 1 aromatic heterocycles. The van der Waals surface area contributed by atoms with E-state index in [-0.39, 0.29) is 30.0 Å². The highest BCUT2D eigenvalue weighted by Gasteiger charge is 2.32. The highest BCUT2D eigenvalue weighted by molar-refractivity contribution is 5.94. The van der Waals surface area contributed by atoms with Crippen molar-refractivity contribution in [3.05, 3.63) is 47.7 Å². The van der Waals surface area contributed by atoms with E-state index in [1.165, 1.54) is 0 Å². The lowest BCUT2D eigenvalue weighted by Gasteiger charge is -2.37. The minimum Gasteiger partial charge on any atom is -0.294 e. The van der Waals surface area contributed by atoms with E-state index in [0.717, 1.165) is 24.6 Å². The Kier molecular flexibility index (Phi) is 3.68. The molecule has 0 N–H and O–H groups in total. The molecule has 22 heavy (non-hydrogen) atoms. The molecule has 1 amide bonds. The van der Waals surface area contributed by atoms with Crippen LogP contribution < -0.4 is 4.90 Å². The maximum Gasteiger partial charge on any atom is 0.232 e. The summed E-state index contributed by atoms with van der Waals surface area (Å²) in [6.45, 7) is 3.99. The van der Waals surface area contributed by atoms with Crippen LogP contribution in [0.25, 0.3) is 0 Å². The molecular formula is C16H17F2N3O. The van der Waals surface area contributed by atoms with E-state index in [1.54, 1.807) is 21.8 Å². The minimum atomic E-state index is -0.568. The van der Waals surface area contributed by atoms with Crippen LogP contribution in [0.1, 0.15) is 31.9 Å². The third kappa shape index (κ3) is 2.49. The molecule has 1 aliphatic heterocycles. The fourth-order valence-corrected chi connectivity index (χ4v) is 3.06. The molecule has 1 aromatic carbocycles. The Hall–Kier alpha value is -2.24. The first-order chi connectivity index (χ1) is 10.5. The number of carbonyl (C=O) groups excluding carboxylic acids is 1. The van der Waals surface area contributed by atoms with Crippen molar-refractivity contribution in [3.63, 3.8) is 0 Å². The van der Waals surface area contributed by atoms with Gasteiger partial charge in [0.05, 0.1) is 18.7 Å². The average molecular weight is 305 g/mol. The molecule has 6 heteroatoms. The number of halogens is 2. The van der Waals surface area contributed by atoms with Crippen LogP contribution in [0.3, 0.4) is 0 Å². The number of carbonyl (C=O) groups is 1. The summed E-state index contributed by atoms with van der Waals surface area (Å²) in [4.78, 5) is 14.2. The van der Waals surface area contributed by atoms with Crippen molar-refractivity contribution in [2.45, 2.75) is 38.8 Å². The van der Waals surface area contributed by atoms with Crippen LogP contribution in [-0.2, 0) is 11.2 Å². The Labute approximate surface area is 127 Å². The summed E-state index contributed by atoms with van der Waals surface area (Å²) in [5.74, 6) is -0.672. The van der Waals surface area contributed by atoms with Gasteiger partial charge >= 0.3 is 0 Å². The third-order valence-corrected chi connectivity index (χ3v) is 4.05. The lowest BCUT2D eigenvalue weighted by molar-refractivity contribution is -0.118. The molecule has 4 nitrogen and oxygen atoms in total. The number of hydrogen-bond acceptors (Lipinski definition) is 2. The zero-order chi connectivity index (χ0) is 15.9. The number of fused-ring (bicyclic) bond motifs is 1. The zero-order valence-electron chi connectivity index (χ0n) is 12.5. The van der Waals surface area contributed by atoms with Crippen LogP contribution in [0.15, 0.2) is 30.5 Å². The molecule has 0 unspecified atom stereocenters. The fraction of sp³-hybridized carbons (Fsp3) is 0.375. The Morgan fingerprint density at radius 3 is 2.82 bits per heavy atom. The van der Waals surface area contributed by atoms with Crippen LogP contribution >= 0.6 is 0 Å². The monoisotopic (exact) mass is 305 g/mol. The lowest BCUT2D eigenvalue weighted by atomic mass is 10.0. The molecule has 1 aliphatic rings. The van der Waals surface area contributed by atoms with E-state index in [0.29, 0.717) is 5.82 Å². The van der Waals surface area contributed by atoms with E-state index in [1.807, 2.05) is 13.8 Å². The van der Waals surface area contributed by atoms with Gasteiger partial charge in [0, 0.05) is 17.7 Å². The van der Waals surface area contributed by atoms with E-state index in [4.69, 9.17) is 0 Å². The van der Waals surface area contributed by atoms with Gasteiger partial charge in [-0.25, -0.2) is 13.5 Å². The predicted molar refractivity (Wildman–Crippen MR) is 78.6 cm³/mol. The van der Waals surface area contributed by atoms with Gasteiger partial charge in [-0.2, -0.15) is 5.10 Å². The Balaban J connectivity index is 1.89. The van der Waals surface area contributed by atoms with Gasteiger partial charge in [-0.15, -0.1) is 0 Å². The molecule has 3 rings (SSSR count). The van der Waals surface area contributed by atoms with Crippen molar-refractivity contribution in [2.24, 2.45) is 0 Å². The second-order valence-corrected chi connectivity index (χ2v) is 5.74. The van der Waals surface area contributed by atoms with Crippen molar-refractivity contribution in [2.75, 3.05) is 4.90 Å². The van der Waals surface area contributed by atoms with Gasteiger partial charge in [-0.1, -0.05) is 0 Å². The molecule has 116 valence electrons. The second kappa shape index (κ2) is 5.51. The zero-order valence-corrected chi connectivity index (χ0v) is 12.5. The second-order valence-electron chi connectivity index (χ2n) is 5.74. The molecule has 0 aliphatic carbocycles. The van der Waals surface area contributed by atoms with E-state index in [9.17, 15) is 13.6 Å². The van der Waals surface area contributed by atoms with Gasteiger partial charge in [0.15, 0.2) is 0 Å². The summed E-state index contributed by atoms with van der Waals surface area (Å²) in [6.07, 6.45) is 2.24. The first-order valence-corrected chi connectivity index (χ1v) is 7.27. The molecule has 2 heterocycles. The van der Waals surface area contributed by atoms with Gasteiger partial charge in [-0.05, 0) is 38.5 Å². The summed E-state index contributed by atoms with van der Waals surface area (Å²) in [6, 6.07) is 5.12. The predicted octanol–water partition coefficient (Wildman–Crippen LogP) is 3.09. The van der Waals surface area contributed by atoms with Crippen molar-refractivity contribution in [1.82, 2.24) is 9.78 Å². The molecular weight excluding hydrogens is 288 g/mol. The van der Waals surface area contributed by atoms with Gasteiger partial charge < -0.3 is 0 Å². The van der Waals surface area contributed by atoms with Crippen LogP contribution in [-0.4, -0.2) is 21.7 Å². The summed E-state index contributed by atoms with van der Waals surface area (Å²) < 4.78 is 28.8. The standard InChI is InChI=1S/C16H17F2N3O/c1-10-7-11(2)21-15(5-6-19-21)20(10)16(22)9-12-8-13(17)3-4-14(12)18/h3-6,8,10-11H,7,9H2,1-2H3/t10-,11+/m0/s1. The summed E-state index contributed by atoms with van der Waals surface area (Å²) >= 11 is 0. The first-order valence-electron chi connectivity index (χ1n) is 7.27. The molecule has 0 radical (unpaired) electrons. The van der Waals surface area contributed by atoms with Crippen molar-refractivity contribution in [1.29, 1.82) is 0 Å². The largest absolute Gasteiger partial charge is 0.294 e. The average Bonchev–Trinajstić information content (AvgIpc) is 2.92. The topological polar surface area (TPSA) is 38.1 Å². The van der Waals surface area contributed by atoms with E-state index >= 15 is 0 Å². The van der Waals surface area contributed by atoms with Crippen molar-refractivity contribution >= 4 is 11.7 Å². The Bertz CT molecular complexity index is 713. The number of rotatable bonds is 2. The van der Waals surface area contributed by atoms with Gasteiger partial charge in [0.1, 0.15) is 17.5 Å². The van der Waals surface area contributed by atoms with Gasteiger partial charge in [0.2, 0.25) is 5.91 Å². The Morgan fingerprint density at radius 1 is 1.27 bits per heavy atom. The molecule has 0 saturated heterocycles. The number of aromatic nitrogens is 2. The molecule has 2 aromatic rings. The number of hydrogen-bond donors (Lipinski definition) is 0. The van der Waals surface area contributed by atoms with Crippen LogP contribution in [0.2, 0.25) is 0 Å². The van der Waals surface area contributed by atoms with Crippen LogP contribution in [0.4, 0.5) is 14.6 Å². The number of anilines is 1. The molecule has 0 spiro atoms. The maximum absolute atomic E-state index is 13.7.